The van der Waals surface area contributed by atoms with Gasteiger partial charge in [0.05, 0.1) is 12.7 Å². The molecule has 0 aromatic heterocycles. The van der Waals surface area contributed by atoms with Gasteiger partial charge < -0.3 is 25.0 Å². The Morgan fingerprint density at radius 1 is 1.00 bits per heavy atom. The number of methoxy groups -OCH3 is 2. The van der Waals surface area contributed by atoms with Gasteiger partial charge in [0.15, 0.2) is 0 Å². The van der Waals surface area contributed by atoms with Gasteiger partial charge in [0.2, 0.25) is 5.91 Å². The zero-order valence-electron chi connectivity index (χ0n) is 20.7. The maximum atomic E-state index is 13.1. The van der Waals surface area contributed by atoms with Crippen molar-refractivity contribution in [1.29, 1.82) is 0 Å². The van der Waals surface area contributed by atoms with Crippen molar-refractivity contribution < 1.29 is 23.9 Å². The number of hydrogen-bond acceptors (Lipinski definition) is 5. The lowest BCUT2D eigenvalue weighted by molar-refractivity contribution is -0.124. The smallest absolute Gasteiger partial charge is 0.257 e. The molecule has 8 heteroatoms. The number of carbonyl (C=O) groups excluding carboxylic acids is 3. The Labute approximate surface area is 207 Å². The number of amides is 3. The summed E-state index contributed by atoms with van der Waals surface area (Å²) >= 11 is 0. The molecule has 0 saturated carbocycles. The molecule has 0 bridgehead atoms. The van der Waals surface area contributed by atoms with Crippen molar-refractivity contribution in [3.63, 3.8) is 0 Å². The van der Waals surface area contributed by atoms with Crippen LogP contribution in [0, 0.1) is 12.8 Å². The Balaban J connectivity index is 1.69. The summed E-state index contributed by atoms with van der Waals surface area (Å²) in [5.41, 5.74) is 1.92. The molecule has 3 amide bonds. The van der Waals surface area contributed by atoms with Gasteiger partial charge in [0.1, 0.15) is 11.8 Å². The van der Waals surface area contributed by atoms with Crippen molar-refractivity contribution in [2.24, 2.45) is 5.92 Å². The fourth-order valence-corrected chi connectivity index (χ4v) is 4.41. The first-order valence-corrected chi connectivity index (χ1v) is 12.0. The van der Waals surface area contributed by atoms with Crippen LogP contribution in [0.25, 0.3) is 0 Å². The Kier molecular flexibility index (Phi) is 9.66. The average molecular weight is 482 g/mol. The predicted molar refractivity (Wildman–Crippen MR) is 134 cm³/mol. The third-order valence-electron chi connectivity index (χ3n) is 6.42. The van der Waals surface area contributed by atoms with Gasteiger partial charge in [-0.2, -0.15) is 0 Å². The summed E-state index contributed by atoms with van der Waals surface area (Å²) in [5.74, 6) is -0.124. The van der Waals surface area contributed by atoms with Gasteiger partial charge in [-0.3, -0.25) is 14.4 Å². The van der Waals surface area contributed by atoms with Crippen LogP contribution >= 0.6 is 0 Å². The molecule has 2 aromatic rings. The van der Waals surface area contributed by atoms with E-state index in [1.807, 2.05) is 37.3 Å². The van der Waals surface area contributed by atoms with Crippen LogP contribution < -0.4 is 15.4 Å². The number of para-hydroxylation sites is 1. The van der Waals surface area contributed by atoms with E-state index in [-0.39, 0.29) is 23.6 Å². The van der Waals surface area contributed by atoms with Crippen LogP contribution in [-0.4, -0.2) is 69.1 Å². The minimum Gasteiger partial charge on any atom is -0.496 e. The monoisotopic (exact) mass is 481 g/mol. The molecule has 1 aliphatic heterocycles. The second kappa shape index (κ2) is 12.9. The molecule has 35 heavy (non-hydrogen) atoms. The minimum atomic E-state index is -0.687. The second-order valence-electron chi connectivity index (χ2n) is 8.73. The Morgan fingerprint density at radius 2 is 1.66 bits per heavy atom. The molecule has 0 aliphatic carbocycles. The first-order valence-electron chi connectivity index (χ1n) is 12.0. The summed E-state index contributed by atoms with van der Waals surface area (Å²) in [6.07, 6.45) is 1.89. The van der Waals surface area contributed by atoms with Crippen molar-refractivity contribution >= 4 is 17.7 Å². The van der Waals surface area contributed by atoms with Crippen molar-refractivity contribution in [2.45, 2.75) is 32.2 Å². The number of carbonyl (C=O) groups is 3. The molecule has 1 atom stereocenters. The quantitative estimate of drug-likeness (QED) is 0.509. The number of benzene rings is 2. The highest BCUT2D eigenvalue weighted by Crippen LogP contribution is 2.26. The van der Waals surface area contributed by atoms with Crippen molar-refractivity contribution in [3.05, 3.63) is 65.2 Å². The fraction of sp³-hybridized carbons (Fsp3) is 0.444. The van der Waals surface area contributed by atoms with Gasteiger partial charge in [-0.05, 0) is 55.9 Å². The summed E-state index contributed by atoms with van der Waals surface area (Å²) in [5, 5.41) is 5.90. The van der Waals surface area contributed by atoms with Crippen LogP contribution in [0.1, 0.15) is 45.5 Å². The number of hydrogen-bond donors (Lipinski definition) is 2. The molecule has 8 nitrogen and oxygen atoms in total. The van der Waals surface area contributed by atoms with Gasteiger partial charge in [0, 0.05) is 38.9 Å². The highest BCUT2D eigenvalue weighted by molar-refractivity contribution is 5.99. The maximum absolute atomic E-state index is 13.1. The first-order chi connectivity index (χ1) is 17.0. The summed E-state index contributed by atoms with van der Waals surface area (Å²) in [7, 11) is 3.17. The van der Waals surface area contributed by atoms with E-state index < -0.39 is 6.04 Å². The first kappa shape index (κ1) is 26.2. The topological polar surface area (TPSA) is 97.0 Å². The molecular formula is C27H35N3O5. The molecule has 1 aliphatic rings. The fourth-order valence-electron chi connectivity index (χ4n) is 4.41. The molecule has 0 radical (unpaired) electrons. The SMILES string of the molecule is COCCCNC(=O)C(NC(=O)c1ccccc1C)C1CCN(C(=O)c2ccccc2OC)CC1. The summed E-state index contributed by atoms with van der Waals surface area (Å²) < 4.78 is 10.4. The normalized spacial score (nSPS) is 14.8. The van der Waals surface area contributed by atoms with E-state index in [0.717, 1.165) is 5.56 Å². The molecule has 2 aromatic carbocycles. The largest absolute Gasteiger partial charge is 0.496 e. The number of likely N-dealkylation sites (tertiary alicyclic amines) is 1. The van der Waals surface area contributed by atoms with Crippen LogP contribution in [0.2, 0.25) is 0 Å². The summed E-state index contributed by atoms with van der Waals surface area (Å²) in [6.45, 7) is 3.87. The molecule has 1 unspecified atom stereocenters. The van der Waals surface area contributed by atoms with E-state index >= 15 is 0 Å². The third-order valence-corrected chi connectivity index (χ3v) is 6.42. The number of nitrogens with one attached hydrogen (secondary N) is 2. The van der Waals surface area contributed by atoms with Gasteiger partial charge >= 0.3 is 0 Å². The number of rotatable bonds is 10. The van der Waals surface area contributed by atoms with Gasteiger partial charge in [-0.1, -0.05) is 30.3 Å². The highest BCUT2D eigenvalue weighted by atomic mass is 16.5. The van der Waals surface area contributed by atoms with E-state index in [4.69, 9.17) is 9.47 Å². The molecular weight excluding hydrogens is 446 g/mol. The average Bonchev–Trinajstić information content (AvgIpc) is 2.89. The van der Waals surface area contributed by atoms with Gasteiger partial charge in [-0.25, -0.2) is 0 Å². The maximum Gasteiger partial charge on any atom is 0.257 e. The molecule has 1 saturated heterocycles. The van der Waals surface area contributed by atoms with Crippen LogP contribution in [0.5, 0.6) is 5.75 Å². The zero-order chi connectivity index (χ0) is 25.2. The van der Waals surface area contributed by atoms with Gasteiger partial charge in [-0.15, -0.1) is 0 Å². The standard InChI is InChI=1S/C27H35N3O5/c1-19-9-4-5-10-21(19)25(31)29-24(26(32)28-15-8-18-34-2)20-13-16-30(17-14-20)27(33)22-11-6-7-12-23(22)35-3/h4-7,9-12,20,24H,8,13-18H2,1-3H3,(H,28,32)(H,29,31). The number of piperidine rings is 1. The van der Waals surface area contributed by atoms with Crippen molar-refractivity contribution in [3.8, 4) is 5.75 Å². The predicted octanol–water partition coefficient (Wildman–Crippen LogP) is 2.81. The second-order valence-corrected chi connectivity index (χ2v) is 8.73. The number of aryl methyl sites for hydroxylation is 1. The van der Waals surface area contributed by atoms with E-state index in [2.05, 4.69) is 10.6 Å². The lowest BCUT2D eigenvalue weighted by atomic mass is 9.88. The van der Waals surface area contributed by atoms with E-state index in [1.165, 1.54) is 0 Å². The number of ether oxygens (including phenoxy) is 2. The van der Waals surface area contributed by atoms with Crippen LogP contribution in [0.4, 0.5) is 0 Å². The molecule has 2 N–H and O–H groups in total. The van der Waals surface area contributed by atoms with E-state index in [0.29, 0.717) is 62.4 Å². The Bertz CT molecular complexity index is 1020. The van der Waals surface area contributed by atoms with Crippen molar-refractivity contribution in [1.82, 2.24) is 15.5 Å². The van der Waals surface area contributed by atoms with Crippen LogP contribution in [0.3, 0.4) is 0 Å². The lowest BCUT2D eigenvalue weighted by Crippen LogP contribution is -2.54. The summed E-state index contributed by atoms with van der Waals surface area (Å²) in [6, 6.07) is 13.8. The summed E-state index contributed by atoms with van der Waals surface area (Å²) in [4.78, 5) is 41.0. The van der Waals surface area contributed by atoms with Crippen LogP contribution in [0.15, 0.2) is 48.5 Å². The molecule has 0 spiro atoms. The molecule has 1 heterocycles. The molecule has 188 valence electrons. The highest BCUT2D eigenvalue weighted by Gasteiger charge is 2.34. The molecule has 1 fully saturated rings. The van der Waals surface area contributed by atoms with Crippen molar-refractivity contribution in [2.75, 3.05) is 40.5 Å². The zero-order valence-corrected chi connectivity index (χ0v) is 20.7. The Hall–Kier alpha value is -3.39. The Morgan fingerprint density at radius 3 is 2.31 bits per heavy atom. The van der Waals surface area contributed by atoms with E-state index in [1.54, 1.807) is 37.3 Å². The van der Waals surface area contributed by atoms with E-state index in [9.17, 15) is 14.4 Å². The molecule has 3 rings (SSSR count). The number of nitrogens with zero attached hydrogens (tertiary/aromatic N) is 1. The van der Waals surface area contributed by atoms with Gasteiger partial charge in [0.25, 0.3) is 11.8 Å². The lowest BCUT2D eigenvalue weighted by Gasteiger charge is -2.36. The van der Waals surface area contributed by atoms with Crippen LogP contribution in [-0.2, 0) is 9.53 Å². The minimum absolute atomic E-state index is 0.0906. The third kappa shape index (κ3) is 6.82.